The van der Waals surface area contributed by atoms with Gasteiger partial charge in [-0.15, -0.1) is 5.10 Å². The number of benzene rings is 2. The van der Waals surface area contributed by atoms with E-state index in [1.807, 2.05) is 57.2 Å². The van der Waals surface area contributed by atoms with Crippen LogP contribution in [-0.2, 0) is 9.59 Å². The van der Waals surface area contributed by atoms with Crippen LogP contribution in [0.2, 0.25) is 0 Å². The molecule has 0 aliphatic rings. The molecule has 9 heteroatoms. The van der Waals surface area contributed by atoms with E-state index in [2.05, 4.69) is 41.7 Å². The van der Waals surface area contributed by atoms with E-state index in [1.165, 1.54) is 11.8 Å². The third-order valence-corrected chi connectivity index (χ3v) is 5.85. The molecule has 0 saturated heterocycles. The maximum absolute atomic E-state index is 12.2. The van der Waals surface area contributed by atoms with E-state index in [0.29, 0.717) is 11.0 Å². The number of halogens is 1. The van der Waals surface area contributed by atoms with Crippen LogP contribution in [0.4, 0.5) is 5.69 Å². The number of aromatic nitrogens is 3. The van der Waals surface area contributed by atoms with Gasteiger partial charge in [-0.05, 0) is 38.0 Å². The highest BCUT2D eigenvalue weighted by atomic mass is 79.9. The zero-order chi connectivity index (χ0) is 21.7. The molecule has 30 heavy (non-hydrogen) atoms. The minimum Gasteiger partial charge on any atom is -0.346 e. The van der Waals surface area contributed by atoms with Crippen LogP contribution in [0.3, 0.4) is 0 Å². The van der Waals surface area contributed by atoms with Gasteiger partial charge in [0, 0.05) is 15.7 Å². The number of aryl methyl sites for hydroxylation is 3. The van der Waals surface area contributed by atoms with Crippen LogP contribution in [0.1, 0.15) is 16.7 Å². The topological polar surface area (TPSA) is 99.8 Å². The van der Waals surface area contributed by atoms with E-state index in [-0.39, 0.29) is 24.1 Å². The number of H-pyrrole nitrogens is 1. The zero-order valence-electron chi connectivity index (χ0n) is 16.9. The predicted octanol–water partition coefficient (Wildman–Crippen LogP) is 4.01. The summed E-state index contributed by atoms with van der Waals surface area (Å²) >= 11 is 4.68. The Morgan fingerprint density at radius 3 is 2.50 bits per heavy atom. The summed E-state index contributed by atoms with van der Waals surface area (Å²) in [6, 6.07) is 11.7. The van der Waals surface area contributed by atoms with Crippen molar-refractivity contribution in [3.05, 3.63) is 57.6 Å². The summed E-state index contributed by atoms with van der Waals surface area (Å²) < 4.78 is 0.903. The first kappa shape index (κ1) is 22.0. The molecular formula is C21H22BrN5O2S. The minimum absolute atomic E-state index is 0.0949. The summed E-state index contributed by atoms with van der Waals surface area (Å²) in [5.41, 5.74) is 4.80. The highest BCUT2D eigenvalue weighted by molar-refractivity contribution is 9.10. The SMILES string of the molecule is Cc1cc(C)c(NC(=O)CNC(=O)CSc2n[nH]c(-c3ccccc3Br)n2)c(C)c1. The summed E-state index contributed by atoms with van der Waals surface area (Å²) in [5.74, 6) is 0.203. The molecule has 0 aliphatic carbocycles. The van der Waals surface area contributed by atoms with Gasteiger partial charge in [0.1, 0.15) is 0 Å². The van der Waals surface area contributed by atoms with E-state index in [1.54, 1.807) is 0 Å². The summed E-state index contributed by atoms with van der Waals surface area (Å²) in [5, 5.41) is 13.0. The van der Waals surface area contributed by atoms with Crippen LogP contribution in [0.5, 0.6) is 0 Å². The molecule has 156 valence electrons. The van der Waals surface area contributed by atoms with Gasteiger partial charge in [0.05, 0.1) is 12.3 Å². The van der Waals surface area contributed by atoms with E-state index in [9.17, 15) is 9.59 Å². The maximum atomic E-state index is 12.2. The summed E-state index contributed by atoms with van der Waals surface area (Å²) in [6.07, 6.45) is 0. The smallest absolute Gasteiger partial charge is 0.243 e. The molecule has 3 rings (SSSR count). The molecule has 0 radical (unpaired) electrons. The average Bonchev–Trinajstić information content (AvgIpc) is 3.16. The standard InChI is InChI=1S/C21H22BrN5O2S/c1-12-8-13(2)19(14(3)9-12)24-17(28)10-23-18(29)11-30-21-25-20(26-27-21)15-6-4-5-7-16(15)22/h4-9H,10-11H2,1-3H3,(H,23,29)(H,24,28)(H,25,26,27). The number of carbonyl (C=O) groups is 2. The molecule has 1 aromatic heterocycles. The number of nitrogens with one attached hydrogen (secondary N) is 3. The largest absolute Gasteiger partial charge is 0.346 e. The number of nitrogens with zero attached hydrogens (tertiary/aromatic N) is 2. The molecule has 1 heterocycles. The molecule has 2 amide bonds. The van der Waals surface area contributed by atoms with Crippen molar-refractivity contribution in [2.24, 2.45) is 0 Å². The van der Waals surface area contributed by atoms with Crippen LogP contribution < -0.4 is 10.6 Å². The number of thioether (sulfide) groups is 1. The van der Waals surface area contributed by atoms with Crippen molar-refractivity contribution < 1.29 is 9.59 Å². The Hall–Kier alpha value is -2.65. The van der Waals surface area contributed by atoms with E-state index in [4.69, 9.17) is 0 Å². The number of carbonyl (C=O) groups excluding carboxylic acids is 2. The molecule has 0 atom stereocenters. The summed E-state index contributed by atoms with van der Waals surface area (Å²) in [4.78, 5) is 28.7. The molecule has 0 aliphatic heterocycles. The first-order valence-corrected chi connectivity index (χ1v) is 11.1. The predicted molar refractivity (Wildman–Crippen MR) is 123 cm³/mol. The lowest BCUT2D eigenvalue weighted by Crippen LogP contribution is -2.34. The Morgan fingerprint density at radius 2 is 1.80 bits per heavy atom. The second-order valence-electron chi connectivity index (χ2n) is 6.83. The number of aromatic amines is 1. The van der Waals surface area contributed by atoms with Crippen molar-refractivity contribution in [3.8, 4) is 11.4 Å². The molecule has 0 spiro atoms. The van der Waals surface area contributed by atoms with Gasteiger partial charge >= 0.3 is 0 Å². The van der Waals surface area contributed by atoms with E-state index < -0.39 is 0 Å². The normalized spacial score (nSPS) is 10.7. The van der Waals surface area contributed by atoms with Gasteiger partial charge in [0.25, 0.3) is 0 Å². The lowest BCUT2D eigenvalue weighted by Gasteiger charge is -2.13. The summed E-state index contributed by atoms with van der Waals surface area (Å²) in [7, 11) is 0. The molecule has 0 saturated carbocycles. The highest BCUT2D eigenvalue weighted by Crippen LogP contribution is 2.26. The fourth-order valence-corrected chi connectivity index (χ4v) is 4.11. The quantitative estimate of drug-likeness (QED) is 0.437. The van der Waals surface area contributed by atoms with Crippen LogP contribution >= 0.6 is 27.7 Å². The van der Waals surface area contributed by atoms with Gasteiger partial charge in [-0.25, -0.2) is 4.98 Å². The molecule has 0 unspecified atom stereocenters. The molecule has 2 aromatic carbocycles. The maximum Gasteiger partial charge on any atom is 0.243 e. The van der Waals surface area contributed by atoms with Crippen LogP contribution in [0.25, 0.3) is 11.4 Å². The molecule has 3 N–H and O–H groups in total. The Balaban J connectivity index is 1.48. The Bertz CT molecular complexity index is 1060. The number of anilines is 1. The molecule has 7 nitrogen and oxygen atoms in total. The second kappa shape index (κ2) is 9.90. The van der Waals surface area contributed by atoms with Crippen LogP contribution in [0.15, 0.2) is 46.0 Å². The van der Waals surface area contributed by atoms with E-state index in [0.717, 1.165) is 32.4 Å². The van der Waals surface area contributed by atoms with Crippen molar-refractivity contribution in [3.63, 3.8) is 0 Å². The van der Waals surface area contributed by atoms with Crippen molar-refractivity contribution in [1.29, 1.82) is 0 Å². The Kier molecular flexibility index (Phi) is 7.28. The molecule has 0 bridgehead atoms. The minimum atomic E-state index is -0.266. The third kappa shape index (κ3) is 5.70. The monoisotopic (exact) mass is 487 g/mol. The third-order valence-electron chi connectivity index (χ3n) is 4.31. The summed E-state index contributed by atoms with van der Waals surface area (Å²) in [6.45, 7) is 5.82. The molecule has 0 fully saturated rings. The second-order valence-corrected chi connectivity index (χ2v) is 8.63. The lowest BCUT2D eigenvalue weighted by molar-refractivity contribution is -0.122. The average molecular weight is 488 g/mol. The van der Waals surface area contributed by atoms with Gasteiger partial charge in [-0.3, -0.25) is 14.7 Å². The van der Waals surface area contributed by atoms with E-state index >= 15 is 0 Å². The molecule has 3 aromatic rings. The zero-order valence-corrected chi connectivity index (χ0v) is 19.3. The van der Waals surface area contributed by atoms with Crippen LogP contribution in [0, 0.1) is 20.8 Å². The molecular weight excluding hydrogens is 466 g/mol. The van der Waals surface area contributed by atoms with Gasteiger partial charge in [-0.2, -0.15) is 0 Å². The number of hydrogen-bond acceptors (Lipinski definition) is 5. The number of amides is 2. The number of rotatable bonds is 7. The fourth-order valence-electron chi connectivity index (χ4n) is 3.01. The van der Waals surface area contributed by atoms with Crippen molar-refractivity contribution in [2.75, 3.05) is 17.6 Å². The highest BCUT2D eigenvalue weighted by Gasteiger charge is 2.13. The van der Waals surface area contributed by atoms with Crippen molar-refractivity contribution >= 4 is 45.2 Å². The van der Waals surface area contributed by atoms with Crippen LogP contribution in [-0.4, -0.2) is 39.3 Å². The fraction of sp³-hybridized carbons (Fsp3) is 0.238. The number of hydrogen-bond donors (Lipinski definition) is 3. The van der Waals surface area contributed by atoms with Gasteiger partial charge < -0.3 is 10.6 Å². The van der Waals surface area contributed by atoms with Gasteiger partial charge in [0.15, 0.2) is 5.82 Å². The Labute approximate surface area is 187 Å². The van der Waals surface area contributed by atoms with Crippen molar-refractivity contribution in [2.45, 2.75) is 25.9 Å². The first-order valence-electron chi connectivity index (χ1n) is 9.28. The Morgan fingerprint density at radius 1 is 1.10 bits per heavy atom. The van der Waals surface area contributed by atoms with Gasteiger partial charge in [0.2, 0.25) is 17.0 Å². The first-order chi connectivity index (χ1) is 14.3. The lowest BCUT2D eigenvalue weighted by atomic mass is 10.1. The van der Waals surface area contributed by atoms with Crippen molar-refractivity contribution in [1.82, 2.24) is 20.5 Å². The van der Waals surface area contributed by atoms with Gasteiger partial charge in [-0.1, -0.05) is 63.6 Å².